The molecule has 1 aliphatic heterocycles. The van der Waals surface area contributed by atoms with Crippen molar-refractivity contribution < 1.29 is 0 Å². The Labute approximate surface area is 170 Å². The van der Waals surface area contributed by atoms with Gasteiger partial charge in [-0.2, -0.15) is 4.98 Å². The fraction of sp³-hybridized carbons (Fsp3) is 0.389. The van der Waals surface area contributed by atoms with Crippen molar-refractivity contribution in [2.45, 2.75) is 19.0 Å². The van der Waals surface area contributed by atoms with Crippen LogP contribution < -0.4 is 21.9 Å². The van der Waals surface area contributed by atoms with Crippen LogP contribution in [0.5, 0.6) is 0 Å². The predicted octanol–water partition coefficient (Wildman–Crippen LogP) is 1.56. The third-order valence-electron chi connectivity index (χ3n) is 5.08. The molecule has 1 aromatic carbocycles. The molecule has 10 heteroatoms. The number of benzene rings is 1. The zero-order valence-electron chi connectivity index (χ0n) is 15.5. The Morgan fingerprint density at radius 2 is 2.00 bits per heavy atom. The summed E-state index contributed by atoms with van der Waals surface area (Å²) in [5, 5.41) is 7.43. The number of nitrogens with one attached hydrogen (secondary N) is 2. The fourth-order valence-corrected chi connectivity index (χ4v) is 3.81. The second-order valence-corrected chi connectivity index (χ2v) is 7.80. The van der Waals surface area contributed by atoms with Gasteiger partial charge in [0, 0.05) is 26.7 Å². The number of fused-ring (bicyclic) bond motifs is 1. The first kappa shape index (κ1) is 19.0. The van der Waals surface area contributed by atoms with Crippen molar-refractivity contribution >= 4 is 40.3 Å². The Hall–Kier alpha value is -2.29. The molecular formula is C18H20Cl2N6O2. The summed E-state index contributed by atoms with van der Waals surface area (Å²) in [5.74, 6) is 0.572. The summed E-state index contributed by atoms with van der Waals surface area (Å²) in [5.41, 5.74) is 0.616. The lowest BCUT2D eigenvalue weighted by atomic mass is 10.2. The maximum absolute atomic E-state index is 13.1. The number of nitrogens with zero attached hydrogens (tertiary/aromatic N) is 4. The molecule has 2 aromatic heterocycles. The normalized spacial score (nSPS) is 16.8. The molecule has 0 bridgehead atoms. The Bertz CT molecular complexity index is 1170. The number of aryl methyl sites for hydroxylation is 2. The van der Waals surface area contributed by atoms with E-state index in [1.807, 2.05) is 0 Å². The van der Waals surface area contributed by atoms with Gasteiger partial charge in [0.15, 0.2) is 11.2 Å². The highest BCUT2D eigenvalue weighted by Gasteiger charge is 2.21. The van der Waals surface area contributed by atoms with E-state index in [0.29, 0.717) is 32.7 Å². The van der Waals surface area contributed by atoms with E-state index in [4.69, 9.17) is 23.2 Å². The SMILES string of the molecule is Cn1c(N[C@@H]2CCNC2)nc2c1c(=O)n(Cc1ccc(Cl)c(Cl)c1)c(=O)n2C. The van der Waals surface area contributed by atoms with Gasteiger partial charge in [0.2, 0.25) is 5.95 Å². The summed E-state index contributed by atoms with van der Waals surface area (Å²) < 4.78 is 4.29. The van der Waals surface area contributed by atoms with Crippen LogP contribution in [-0.4, -0.2) is 37.8 Å². The number of aromatic nitrogens is 4. The molecule has 3 heterocycles. The number of imidazole rings is 1. The second-order valence-electron chi connectivity index (χ2n) is 6.98. The molecule has 0 spiro atoms. The second kappa shape index (κ2) is 7.27. The van der Waals surface area contributed by atoms with Crippen molar-refractivity contribution in [2.75, 3.05) is 18.4 Å². The molecule has 0 saturated carbocycles. The number of anilines is 1. The average Bonchev–Trinajstić information content (AvgIpc) is 3.29. The van der Waals surface area contributed by atoms with E-state index in [0.717, 1.165) is 19.5 Å². The van der Waals surface area contributed by atoms with E-state index in [1.54, 1.807) is 36.9 Å². The minimum Gasteiger partial charge on any atom is -0.352 e. The Morgan fingerprint density at radius 1 is 1.21 bits per heavy atom. The molecule has 1 saturated heterocycles. The van der Waals surface area contributed by atoms with Crippen LogP contribution in [0.15, 0.2) is 27.8 Å². The van der Waals surface area contributed by atoms with Gasteiger partial charge in [0.25, 0.3) is 5.56 Å². The van der Waals surface area contributed by atoms with Crippen LogP contribution in [0.2, 0.25) is 10.0 Å². The number of hydrogen-bond acceptors (Lipinski definition) is 5. The van der Waals surface area contributed by atoms with E-state index >= 15 is 0 Å². The predicted molar refractivity (Wildman–Crippen MR) is 111 cm³/mol. The molecular weight excluding hydrogens is 403 g/mol. The highest BCUT2D eigenvalue weighted by molar-refractivity contribution is 6.42. The molecule has 28 heavy (non-hydrogen) atoms. The molecule has 8 nitrogen and oxygen atoms in total. The first-order chi connectivity index (χ1) is 13.4. The van der Waals surface area contributed by atoms with Crippen LogP contribution in [0.25, 0.3) is 11.2 Å². The van der Waals surface area contributed by atoms with Crippen molar-refractivity contribution in [3.8, 4) is 0 Å². The number of rotatable bonds is 4. The van der Waals surface area contributed by atoms with Gasteiger partial charge in [-0.25, -0.2) is 4.79 Å². The lowest BCUT2D eigenvalue weighted by Gasteiger charge is -2.12. The van der Waals surface area contributed by atoms with Gasteiger partial charge in [-0.1, -0.05) is 29.3 Å². The third-order valence-corrected chi connectivity index (χ3v) is 5.82. The van der Waals surface area contributed by atoms with Crippen LogP contribution in [0, 0.1) is 0 Å². The fourth-order valence-electron chi connectivity index (χ4n) is 3.49. The molecule has 3 aromatic rings. The summed E-state index contributed by atoms with van der Waals surface area (Å²) in [6, 6.07) is 5.29. The van der Waals surface area contributed by atoms with Crippen LogP contribution in [0.4, 0.5) is 5.95 Å². The zero-order chi connectivity index (χ0) is 20.0. The number of hydrogen-bond donors (Lipinski definition) is 2. The highest BCUT2D eigenvalue weighted by atomic mass is 35.5. The summed E-state index contributed by atoms with van der Waals surface area (Å²) in [7, 11) is 3.39. The maximum atomic E-state index is 13.1. The molecule has 1 aliphatic rings. The molecule has 0 aliphatic carbocycles. The van der Waals surface area contributed by atoms with Gasteiger partial charge in [0.1, 0.15) is 0 Å². The van der Waals surface area contributed by atoms with Gasteiger partial charge in [0.05, 0.1) is 16.6 Å². The van der Waals surface area contributed by atoms with Crippen molar-refractivity contribution in [3.63, 3.8) is 0 Å². The van der Waals surface area contributed by atoms with Gasteiger partial charge in [-0.15, -0.1) is 0 Å². The third kappa shape index (κ3) is 3.21. The summed E-state index contributed by atoms with van der Waals surface area (Å²) in [4.78, 5) is 30.4. The van der Waals surface area contributed by atoms with E-state index in [9.17, 15) is 9.59 Å². The van der Waals surface area contributed by atoms with Crippen LogP contribution in [0.3, 0.4) is 0 Å². The quantitative estimate of drug-likeness (QED) is 0.666. The van der Waals surface area contributed by atoms with Crippen LogP contribution >= 0.6 is 23.2 Å². The summed E-state index contributed by atoms with van der Waals surface area (Å²) in [6.45, 7) is 1.87. The standard InChI is InChI=1S/C18H20Cl2N6O2/c1-24-14-15(23-17(24)22-11-5-6-21-8-11)25(2)18(28)26(16(14)27)9-10-3-4-12(19)13(20)7-10/h3-4,7,11,21H,5-6,8-9H2,1-2H3,(H,22,23)/t11-/m1/s1. The maximum Gasteiger partial charge on any atom is 0.332 e. The van der Waals surface area contributed by atoms with Gasteiger partial charge >= 0.3 is 5.69 Å². The molecule has 4 rings (SSSR count). The van der Waals surface area contributed by atoms with Crippen molar-refractivity contribution in [1.29, 1.82) is 0 Å². The van der Waals surface area contributed by atoms with Crippen molar-refractivity contribution in [2.24, 2.45) is 14.1 Å². The first-order valence-electron chi connectivity index (χ1n) is 8.94. The Morgan fingerprint density at radius 3 is 2.68 bits per heavy atom. The van der Waals surface area contributed by atoms with E-state index in [2.05, 4.69) is 15.6 Å². The highest BCUT2D eigenvalue weighted by Crippen LogP contribution is 2.23. The monoisotopic (exact) mass is 422 g/mol. The molecule has 2 N–H and O–H groups in total. The van der Waals surface area contributed by atoms with Gasteiger partial charge in [-0.05, 0) is 30.7 Å². The number of halogens is 2. The van der Waals surface area contributed by atoms with Crippen LogP contribution in [-0.2, 0) is 20.6 Å². The van der Waals surface area contributed by atoms with Gasteiger partial charge in [-0.3, -0.25) is 13.9 Å². The van der Waals surface area contributed by atoms with E-state index in [1.165, 1.54) is 9.13 Å². The molecule has 0 unspecified atom stereocenters. The lowest BCUT2D eigenvalue weighted by Crippen LogP contribution is -2.39. The molecule has 0 radical (unpaired) electrons. The Kier molecular flexibility index (Phi) is 4.95. The van der Waals surface area contributed by atoms with Gasteiger partial charge < -0.3 is 15.2 Å². The smallest absolute Gasteiger partial charge is 0.332 e. The summed E-state index contributed by atoms with van der Waals surface area (Å²) >= 11 is 12.0. The van der Waals surface area contributed by atoms with E-state index in [-0.39, 0.29) is 12.6 Å². The molecule has 1 fully saturated rings. The van der Waals surface area contributed by atoms with Crippen LogP contribution in [0.1, 0.15) is 12.0 Å². The first-order valence-corrected chi connectivity index (χ1v) is 9.70. The minimum absolute atomic E-state index is 0.0961. The Balaban J connectivity index is 1.81. The summed E-state index contributed by atoms with van der Waals surface area (Å²) in [6.07, 6.45) is 0.976. The average molecular weight is 423 g/mol. The molecule has 148 valence electrons. The topological polar surface area (TPSA) is 85.9 Å². The van der Waals surface area contributed by atoms with Crippen molar-refractivity contribution in [3.05, 3.63) is 54.6 Å². The van der Waals surface area contributed by atoms with Crippen molar-refractivity contribution in [1.82, 2.24) is 24.0 Å². The molecule has 1 atom stereocenters. The minimum atomic E-state index is -0.434. The molecule has 0 amide bonds. The lowest BCUT2D eigenvalue weighted by molar-refractivity contribution is 0.655. The zero-order valence-corrected chi connectivity index (χ0v) is 17.0. The van der Waals surface area contributed by atoms with E-state index < -0.39 is 11.2 Å². The largest absolute Gasteiger partial charge is 0.352 e.